The number of rotatable bonds is 5. The van der Waals surface area contributed by atoms with Crippen LogP contribution in [0, 0.1) is 0 Å². The highest BCUT2D eigenvalue weighted by Gasteiger charge is 2.14. The molecular weight excluding hydrogens is 262 g/mol. The maximum absolute atomic E-state index is 12.8. The molecule has 0 saturated carbocycles. The van der Waals surface area contributed by atoms with Crippen molar-refractivity contribution in [1.29, 1.82) is 0 Å². The molecule has 2 aromatic heterocycles. The van der Waals surface area contributed by atoms with Crippen LogP contribution >= 0.6 is 0 Å². The van der Waals surface area contributed by atoms with E-state index in [0.717, 1.165) is 48.8 Å². The summed E-state index contributed by atoms with van der Waals surface area (Å²) in [7, 11) is 0. The Hall–Kier alpha value is -2.10. The summed E-state index contributed by atoms with van der Waals surface area (Å²) in [6.45, 7) is 5.92. The molecule has 2 heterocycles. The van der Waals surface area contributed by atoms with Crippen LogP contribution < -0.4 is 5.56 Å². The number of imidazole rings is 1. The summed E-state index contributed by atoms with van der Waals surface area (Å²) in [5.74, 6) is 0. The van der Waals surface area contributed by atoms with Crippen LogP contribution in [0.4, 0.5) is 0 Å². The molecule has 0 aliphatic rings. The molecule has 0 aliphatic heterocycles. The van der Waals surface area contributed by atoms with Crippen molar-refractivity contribution in [3.8, 4) is 0 Å². The molecule has 3 rings (SSSR count). The van der Waals surface area contributed by atoms with Gasteiger partial charge >= 0.3 is 0 Å². The number of benzene rings is 1. The molecule has 0 bridgehead atoms. The molecule has 4 nitrogen and oxygen atoms in total. The number of aromatic nitrogens is 3. The first-order valence-electron chi connectivity index (χ1n) is 7.74. The highest BCUT2D eigenvalue weighted by atomic mass is 16.1. The van der Waals surface area contributed by atoms with Gasteiger partial charge in [0.15, 0.2) is 5.52 Å². The van der Waals surface area contributed by atoms with E-state index in [1.165, 1.54) is 0 Å². The zero-order chi connectivity index (χ0) is 14.8. The Labute approximate surface area is 124 Å². The van der Waals surface area contributed by atoms with E-state index in [1.54, 1.807) is 6.33 Å². The summed E-state index contributed by atoms with van der Waals surface area (Å²) >= 11 is 0. The van der Waals surface area contributed by atoms with E-state index >= 15 is 0 Å². The topological polar surface area (TPSA) is 39.8 Å². The van der Waals surface area contributed by atoms with Crippen LogP contribution in [0.2, 0.25) is 0 Å². The predicted molar refractivity (Wildman–Crippen MR) is 86.7 cm³/mol. The average Bonchev–Trinajstić information content (AvgIpc) is 2.92. The predicted octanol–water partition coefficient (Wildman–Crippen LogP) is 3.56. The molecule has 0 atom stereocenters. The zero-order valence-electron chi connectivity index (χ0n) is 12.7. The molecule has 4 heteroatoms. The number of hydrogen-bond acceptors (Lipinski definition) is 2. The normalized spacial score (nSPS) is 11.5. The number of nitrogens with zero attached hydrogens (tertiary/aromatic N) is 3. The average molecular weight is 283 g/mol. The van der Waals surface area contributed by atoms with Crippen LogP contribution in [0.3, 0.4) is 0 Å². The second-order valence-electron chi connectivity index (χ2n) is 5.46. The maximum Gasteiger partial charge on any atom is 0.279 e. The molecule has 1 aromatic carbocycles. The number of fused-ring (bicyclic) bond motifs is 3. The minimum absolute atomic E-state index is 0.0343. The quantitative estimate of drug-likeness (QED) is 0.718. The minimum Gasteiger partial charge on any atom is -0.330 e. The molecule has 110 valence electrons. The van der Waals surface area contributed by atoms with E-state index in [9.17, 15) is 4.79 Å². The van der Waals surface area contributed by atoms with Crippen molar-refractivity contribution < 1.29 is 0 Å². The van der Waals surface area contributed by atoms with Crippen LogP contribution in [0.1, 0.15) is 33.1 Å². The van der Waals surface area contributed by atoms with Crippen molar-refractivity contribution in [3.63, 3.8) is 0 Å². The Morgan fingerprint density at radius 2 is 1.90 bits per heavy atom. The first-order chi connectivity index (χ1) is 10.3. The largest absolute Gasteiger partial charge is 0.330 e. The fraction of sp³-hybridized carbons (Fsp3) is 0.412. The second-order valence-corrected chi connectivity index (χ2v) is 5.46. The van der Waals surface area contributed by atoms with Crippen LogP contribution in [0.5, 0.6) is 0 Å². The van der Waals surface area contributed by atoms with Gasteiger partial charge < -0.3 is 9.13 Å². The van der Waals surface area contributed by atoms with Crippen molar-refractivity contribution in [2.75, 3.05) is 0 Å². The van der Waals surface area contributed by atoms with Crippen molar-refractivity contribution >= 4 is 21.9 Å². The van der Waals surface area contributed by atoms with Crippen molar-refractivity contribution in [1.82, 2.24) is 14.1 Å². The molecular formula is C17H21N3O. The van der Waals surface area contributed by atoms with E-state index in [4.69, 9.17) is 0 Å². The minimum atomic E-state index is 0.0343. The first-order valence-corrected chi connectivity index (χ1v) is 7.74. The van der Waals surface area contributed by atoms with Crippen LogP contribution in [0.15, 0.2) is 35.4 Å². The Morgan fingerprint density at radius 1 is 1.10 bits per heavy atom. The second kappa shape index (κ2) is 5.72. The zero-order valence-corrected chi connectivity index (χ0v) is 12.7. The van der Waals surface area contributed by atoms with Gasteiger partial charge in [0.2, 0.25) is 0 Å². The molecule has 0 fully saturated rings. The van der Waals surface area contributed by atoms with Crippen molar-refractivity contribution in [2.24, 2.45) is 0 Å². The maximum atomic E-state index is 12.8. The number of unbranched alkanes of at least 4 members (excludes halogenated alkanes) is 1. The van der Waals surface area contributed by atoms with Gasteiger partial charge in [-0.2, -0.15) is 0 Å². The van der Waals surface area contributed by atoms with Gasteiger partial charge in [-0.1, -0.05) is 38.5 Å². The molecule has 21 heavy (non-hydrogen) atoms. The van der Waals surface area contributed by atoms with Gasteiger partial charge in [0.1, 0.15) is 0 Å². The third-order valence-electron chi connectivity index (χ3n) is 3.94. The number of para-hydroxylation sites is 1. The smallest absolute Gasteiger partial charge is 0.279 e. The number of aryl methyl sites for hydroxylation is 2. The monoisotopic (exact) mass is 283 g/mol. The summed E-state index contributed by atoms with van der Waals surface area (Å²) < 4.78 is 3.98. The number of pyridine rings is 1. The van der Waals surface area contributed by atoms with Crippen LogP contribution in [-0.2, 0) is 13.1 Å². The van der Waals surface area contributed by atoms with E-state index in [1.807, 2.05) is 22.8 Å². The first kappa shape index (κ1) is 13.9. The summed E-state index contributed by atoms with van der Waals surface area (Å²) in [6, 6.07) is 8.15. The van der Waals surface area contributed by atoms with Gasteiger partial charge in [0.05, 0.1) is 17.4 Å². The fourth-order valence-corrected chi connectivity index (χ4v) is 2.92. The summed E-state index contributed by atoms with van der Waals surface area (Å²) in [5.41, 5.74) is 2.62. The molecule has 0 aliphatic carbocycles. The lowest BCUT2D eigenvalue weighted by atomic mass is 10.1. The highest BCUT2D eigenvalue weighted by molar-refractivity contribution is 6.02. The standard InChI is InChI=1S/C17H21N3O/c1-3-5-11-20-14-9-7-6-8-13(14)16-15(17(20)21)18-12-19(16)10-4-2/h6-9,12H,3-5,10-11H2,1-2H3. The SMILES string of the molecule is CCCCn1c(=O)c2ncn(CCC)c2c2ccccc21. The molecule has 0 N–H and O–H groups in total. The van der Waals surface area contributed by atoms with Crippen molar-refractivity contribution in [2.45, 2.75) is 46.2 Å². The molecule has 0 radical (unpaired) electrons. The Kier molecular flexibility index (Phi) is 3.78. The third kappa shape index (κ3) is 2.24. The summed E-state index contributed by atoms with van der Waals surface area (Å²) in [5, 5.41) is 1.12. The van der Waals surface area contributed by atoms with E-state index in [2.05, 4.69) is 29.5 Å². The Balaban J connectivity index is 2.38. The van der Waals surface area contributed by atoms with E-state index in [0.29, 0.717) is 5.52 Å². The third-order valence-corrected chi connectivity index (χ3v) is 3.94. The lowest BCUT2D eigenvalue weighted by Crippen LogP contribution is -2.21. The van der Waals surface area contributed by atoms with Gasteiger partial charge in [0.25, 0.3) is 5.56 Å². The highest BCUT2D eigenvalue weighted by Crippen LogP contribution is 2.22. The van der Waals surface area contributed by atoms with Crippen LogP contribution in [-0.4, -0.2) is 14.1 Å². The fourth-order valence-electron chi connectivity index (χ4n) is 2.92. The Morgan fingerprint density at radius 3 is 2.67 bits per heavy atom. The van der Waals surface area contributed by atoms with Gasteiger partial charge in [-0.3, -0.25) is 4.79 Å². The van der Waals surface area contributed by atoms with Crippen molar-refractivity contribution in [3.05, 3.63) is 40.9 Å². The molecule has 3 aromatic rings. The van der Waals surface area contributed by atoms with Gasteiger partial charge in [-0.15, -0.1) is 0 Å². The molecule has 0 spiro atoms. The van der Waals surface area contributed by atoms with Gasteiger partial charge in [-0.05, 0) is 18.9 Å². The Bertz CT molecular complexity index is 829. The summed E-state index contributed by atoms with van der Waals surface area (Å²) in [4.78, 5) is 17.1. The lowest BCUT2D eigenvalue weighted by Gasteiger charge is -2.12. The van der Waals surface area contributed by atoms with Crippen LogP contribution in [0.25, 0.3) is 21.9 Å². The van der Waals surface area contributed by atoms with E-state index < -0.39 is 0 Å². The molecule has 0 unspecified atom stereocenters. The van der Waals surface area contributed by atoms with E-state index in [-0.39, 0.29) is 5.56 Å². The molecule has 0 saturated heterocycles. The van der Waals surface area contributed by atoms with Gasteiger partial charge in [0, 0.05) is 18.5 Å². The summed E-state index contributed by atoms with van der Waals surface area (Å²) in [6.07, 6.45) is 4.90. The van der Waals surface area contributed by atoms with Gasteiger partial charge in [-0.25, -0.2) is 4.98 Å². The molecule has 0 amide bonds. The lowest BCUT2D eigenvalue weighted by molar-refractivity contribution is 0.634. The number of hydrogen-bond donors (Lipinski definition) is 0.